The van der Waals surface area contributed by atoms with Gasteiger partial charge in [-0.15, -0.1) is 0 Å². The lowest BCUT2D eigenvalue weighted by Crippen LogP contribution is -2.46. The fourth-order valence-corrected chi connectivity index (χ4v) is 4.59. The highest BCUT2D eigenvalue weighted by molar-refractivity contribution is 5.82. The quantitative estimate of drug-likeness (QED) is 0.491. The monoisotopic (exact) mass is 476 g/mol. The van der Waals surface area contributed by atoms with E-state index in [1.54, 1.807) is 13.1 Å². The number of carbonyl (C=O) groups is 1. The largest absolute Gasteiger partial charge is 0.419 e. The van der Waals surface area contributed by atoms with E-state index in [2.05, 4.69) is 16.7 Å². The molecule has 0 bridgehead atoms. The van der Waals surface area contributed by atoms with Crippen molar-refractivity contribution in [2.75, 3.05) is 19.7 Å². The van der Waals surface area contributed by atoms with Crippen LogP contribution < -0.4 is 16.4 Å². The number of aryl methyl sites for hydroxylation is 1. The van der Waals surface area contributed by atoms with E-state index in [4.69, 9.17) is 9.15 Å². The molecule has 1 saturated heterocycles. The first kappa shape index (κ1) is 23.3. The van der Waals surface area contributed by atoms with Gasteiger partial charge in [0, 0.05) is 26.6 Å². The molecule has 3 atom stereocenters. The van der Waals surface area contributed by atoms with Crippen LogP contribution in [0.25, 0.3) is 22.2 Å². The Balaban J connectivity index is 1.21. The van der Waals surface area contributed by atoms with Gasteiger partial charge in [0.25, 0.3) is 5.91 Å². The molecule has 1 saturated carbocycles. The van der Waals surface area contributed by atoms with Gasteiger partial charge in [0.1, 0.15) is 17.7 Å². The van der Waals surface area contributed by atoms with Crippen molar-refractivity contribution in [2.24, 2.45) is 13.0 Å². The Morgan fingerprint density at radius 1 is 1.29 bits per heavy atom. The normalized spacial score (nSPS) is 23.4. The first-order valence-electron chi connectivity index (χ1n) is 11.8. The van der Waals surface area contributed by atoms with Crippen LogP contribution in [0.4, 0.5) is 0 Å². The number of benzene rings is 2. The van der Waals surface area contributed by atoms with Crippen LogP contribution in [0.15, 0.2) is 51.7 Å². The Kier molecular flexibility index (Phi) is 6.19. The summed E-state index contributed by atoms with van der Waals surface area (Å²) in [6, 6.07) is 14.7. The summed E-state index contributed by atoms with van der Waals surface area (Å²) in [6.45, 7) is 0.805. The van der Waals surface area contributed by atoms with E-state index in [0.29, 0.717) is 25.1 Å². The summed E-state index contributed by atoms with van der Waals surface area (Å²) in [6.07, 6.45) is 1.55. The number of hydrogen-bond acceptors (Lipinski definition) is 7. The zero-order chi connectivity index (χ0) is 24.6. The predicted molar refractivity (Wildman–Crippen MR) is 128 cm³/mol. The number of nitriles is 1. The molecule has 9 heteroatoms. The van der Waals surface area contributed by atoms with Gasteiger partial charge in [-0.25, -0.2) is 4.79 Å². The Morgan fingerprint density at radius 3 is 2.74 bits per heavy atom. The highest BCUT2D eigenvalue weighted by atomic mass is 16.5. The number of amides is 1. The van der Waals surface area contributed by atoms with E-state index in [1.807, 2.05) is 36.4 Å². The molecule has 1 amide bonds. The van der Waals surface area contributed by atoms with Crippen LogP contribution in [-0.4, -0.2) is 53.0 Å². The van der Waals surface area contributed by atoms with Gasteiger partial charge in [0.15, 0.2) is 5.58 Å². The van der Waals surface area contributed by atoms with Crippen molar-refractivity contribution in [1.29, 1.82) is 5.26 Å². The summed E-state index contributed by atoms with van der Waals surface area (Å²) in [5.74, 6) is -0.541. The average Bonchev–Trinajstić information content (AvgIpc) is 3.69. The van der Waals surface area contributed by atoms with Crippen molar-refractivity contribution in [3.8, 4) is 17.2 Å². The fraction of sp³-hybridized carbons (Fsp3) is 0.423. The molecule has 1 aliphatic carbocycles. The van der Waals surface area contributed by atoms with Gasteiger partial charge in [-0.3, -0.25) is 9.36 Å². The summed E-state index contributed by atoms with van der Waals surface area (Å²) in [7, 11) is 1.67. The third-order valence-electron chi connectivity index (χ3n) is 6.92. The van der Waals surface area contributed by atoms with Crippen LogP contribution in [0.5, 0.6) is 0 Å². The number of aliphatic hydroxyl groups is 1. The maximum Gasteiger partial charge on any atom is 0.419 e. The van der Waals surface area contributed by atoms with E-state index in [0.717, 1.165) is 35.0 Å². The number of ether oxygens (including phenoxy) is 1. The zero-order valence-corrected chi connectivity index (χ0v) is 19.5. The highest BCUT2D eigenvalue weighted by Gasteiger charge is 2.46. The fourth-order valence-electron chi connectivity index (χ4n) is 4.59. The van der Waals surface area contributed by atoms with Gasteiger partial charge in [-0.2, -0.15) is 5.26 Å². The number of nitrogens with one attached hydrogen (secondary N) is 2. The number of carbonyl (C=O) groups excluding carboxylic acids is 1. The molecule has 2 aromatic carbocycles. The van der Waals surface area contributed by atoms with Gasteiger partial charge in [-0.1, -0.05) is 30.3 Å². The van der Waals surface area contributed by atoms with E-state index in [9.17, 15) is 20.0 Å². The lowest BCUT2D eigenvalue weighted by Gasteiger charge is -2.25. The van der Waals surface area contributed by atoms with Gasteiger partial charge < -0.3 is 24.9 Å². The summed E-state index contributed by atoms with van der Waals surface area (Å²) in [5, 5.41) is 26.2. The smallest absolute Gasteiger partial charge is 0.408 e. The molecule has 35 heavy (non-hydrogen) atoms. The van der Waals surface area contributed by atoms with Gasteiger partial charge in [-0.05, 0) is 47.6 Å². The van der Waals surface area contributed by atoms with Crippen LogP contribution in [-0.2, 0) is 23.0 Å². The van der Waals surface area contributed by atoms with E-state index >= 15 is 0 Å². The van der Waals surface area contributed by atoms with Crippen LogP contribution in [0.3, 0.4) is 0 Å². The molecular formula is C26H28N4O5. The molecule has 0 spiro atoms. The van der Waals surface area contributed by atoms with Gasteiger partial charge in [0.2, 0.25) is 0 Å². The molecule has 182 valence electrons. The molecule has 3 N–H and O–H groups in total. The van der Waals surface area contributed by atoms with Crippen molar-refractivity contribution < 1.29 is 19.1 Å². The Morgan fingerprint density at radius 2 is 2.03 bits per heavy atom. The molecule has 2 heterocycles. The lowest BCUT2D eigenvalue weighted by molar-refractivity contribution is -0.136. The highest BCUT2D eigenvalue weighted by Crippen LogP contribution is 2.40. The summed E-state index contributed by atoms with van der Waals surface area (Å²) >= 11 is 0. The third-order valence-corrected chi connectivity index (χ3v) is 6.92. The number of oxazole rings is 1. The second kappa shape index (κ2) is 9.30. The van der Waals surface area contributed by atoms with E-state index in [-0.39, 0.29) is 18.4 Å². The molecule has 5 rings (SSSR count). The minimum Gasteiger partial charge on any atom is -0.408 e. The molecule has 2 fully saturated rings. The molecule has 3 aromatic rings. The van der Waals surface area contributed by atoms with Gasteiger partial charge >= 0.3 is 5.76 Å². The van der Waals surface area contributed by atoms with Crippen molar-refractivity contribution in [1.82, 2.24) is 15.2 Å². The molecule has 1 aliphatic heterocycles. The summed E-state index contributed by atoms with van der Waals surface area (Å²) in [5.41, 5.74) is 3.13. The molecular weight excluding hydrogens is 448 g/mol. The molecule has 0 radical (unpaired) electrons. The zero-order valence-electron chi connectivity index (χ0n) is 19.5. The summed E-state index contributed by atoms with van der Waals surface area (Å²) < 4.78 is 12.4. The Labute approximate surface area is 202 Å². The minimum atomic E-state index is -0.928. The summed E-state index contributed by atoms with van der Waals surface area (Å²) in [4.78, 5) is 24.5. The minimum absolute atomic E-state index is 0.111. The van der Waals surface area contributed by atoms with Crippen molar-refractivity contribution in [3.63, 3.8) is 0 Å². The van der Waals surface area contributed by atoms with Crippen LogP contribution in [0.1, 0.15) is 18.4 Å². The molecule has 9 nitrogen and oxygen atoms in total. The number of rotatable bonds is 6. The van der Waals surface area contributed by atoms with Crippen LogP contribution >= 0.6 is 0 Å². The van der Waals surface area contributed by atoms with Crippen molar-refractivity contribution in [3.05, 3.63) is 58.6 Å². The number of β-amino-alcohol motifs (C(OH)–C–C–N with tert-alkyl or cyclic N) is 1. The van der Waals surface area contributed by atoms with Crippen molar-refractivity contribution >= 4 is 17.0 Å². The number of hydrogen-bond donors (Lipinski definition) is 3. The van der Waals surface area contributed by atoms with E-state index in [1.165, 1.54) is 4.57 Å². The Hall–Kier alpha value is -3.45. The van der Waals surface area contributed by atoms with Crippen LogP contribution in [0, 0.1) is 17.2 Å². The maximum atomic E-state index is 12.7. The molecule has 2 aliphatic rings. The van der Waals surface area contributed by atoms with E-state index < -0.39 is 23.5 Å². The maximum absolute atomic E-state index is 12.7. The topological polar surface area (TPSA) is 130 Å². The second-order valence-corrected chi connectivity index (χ2v) is 9.51. The first-order chi connectivity index (χ1) is 16.9. The number of aromatic nitrogens is 1. The van der Waals surface area contributed by atoms with Gasteiger partial charge in [0.05, 0.1) is 18.2 Å². The SMILES string of the molecule is Cn1c(=O)oc2ccc(-c3ccc(C[C@@H](C#N)NC(=O)[C@@H]4CNCC(O)(C5CC5)CO4)cc3)cc21. The number of fused-ring (bicyclic) bond motifs is 1. The number of nitrogens with zero attached hydrogens (tertiary/aromatic N) is 2. The predicted octanol–water partition coefficient (Wildman–Crippen LogP) is 1.48. The van der Waals surface area contributed by atoms with Crippen LogP contribution in [0.2, 0.25) is 0 Å². The van der Waals surface area contributed by atoms with Crippen molar-refractivity contribution in [2.45, 2.75) is 37.0 Å². The first-order valence-corrected chi connectivity index (χ1v) is 11.8. The lowest BCUT2D eigenvalue weighted by atomic mass is 9.99. The molecule has 1 unspecified atom stereocenters. The second-order valence-electron chi connectivity index (χ2n) is 9.51. The third kappa shape index (κ3) is 4.86. The molecule has 1 aromatic heterocycles. The average molecular weight is 477 g/mol. The Bertz CT molecular complexity index is 1330. The standard InChI is InChI=1S/C26H28N4O5/c1-30-21-11-18(6-9-22(21)35-25(30)32)17-4-2-16(3-5-17)10-20(12-27)29-24(31)23-13-28-14-26(33,15-34-23)19-7-8-19/h2-6,9,11,19-20,23,28,33H,7-8,10,13-15H2,1H3,(H,29,31)/t20-,23-,26?/m0/s1.